The monoisotopic (exact) mass is 423 g/mol. The van der Waals surface area contributed by atoms with Crippen LogP contribution in [0.3, 0.4) is 0 Å². The molecule has 148 valence electrons. The molecule has 1 amide bonds. The van der Waals surface area contributed by atoms with Crippen molar-refractivity contribution in [3.05, 3.63) is 63.6 Å². The lowest BCUT2D eigenvalue weighted by Crippen LogP contribution is -2.23. The van der Waals surface area contributed by atoms with E-state index in [1.54, 1.807) is 42.5 Å². The first-order chi connectivity index (χ1) is 13.4. The number of halogens is 2. The quantitative estimate of drug-likeness (QED) is 0.590. The molecule has 0 aromatic heterocycles. The summed E-state index contributed by atoms with van der Waals surface area (Å²) >= 11 is 12.3. The van der Waals surface area contributed by atoms with Gasteiger partial charge >= 0.3 is 5.97 Å². The average molecular weight is 424 g/mol. The molecule has 0 aliphatic carbocycles. The molecule has 28 heavy (non-hydrogen) atoms. The van der Waals surface area contributed by atoms with E-state index in [4.69, 9.17) is 37.8 Å². The fourth-order valence-corrected chi connectivity index (χ4v) is 2.76. The number of benzene rings is 2. The number of carbonyl (C=O) groups excluding carboxylic acids is 1. The molecule has 0 bridgehead atoms. The van der Waals surface area contributed by atoms with Gasteiger partial charge in [-0.25, -0.2) is 0 Å². The molecule has 0 saturated carbocycles. The maximum atomic E-state index is 11.7. The largest absolute Gasteiger partial charge is 0.493 e. The Bertz CT molecular complexity index is 863. The summed E-state index contributed by atoms with van der Waals surface area (Å²) in [5.41, 5.74) is 1.39. The number of aliphatic carboxylic acids is 1. The van der Waals surface area contributed by atoms with Gasteiger partial charge in [-0.1, -0.05) is 35.3 Å². The highest BCUT2D eigenvalue weighted by Crippen LogP contribution is 2.31. The minimum absolute atomic E-state index is 0.0687. The van der Waals surface area contributed by atoms with Gasteiger partial charge in [0.1, 0.15) is 6.61 Å². The van der Waals surface area contributed by atoms with Crippen LogP contribution in [0.25, 0.3) is 6.08 Å². The number of hydrogen-bond donors (Lipinski definition) is 2. The van der Waals surface area contributed by atoms with Crippen molar-refractivity contribution in [2.24, 2.45) is 0 Å². The van der Waals surface area contributed by atoms with Crippen LogP contribution in [-0.2, 0) is 16.2 Å². The highest BCUT2D eigenvalue weighted by atomic mass is 35.5. The summed E-state index contributed by atoms with van der Waals surface area (Å²) in [5.74, 6) is -0.366. The first kappa shape index (κ1) is 21.6. The zero-order valence-electron chi connectivity index (χ0n) is 15.1. The number of nitrogens with one attached hydrogen (secondary N) is 1. The summed E-state index contributed by atoms with van der Waals surface area (Å²) in [4.78, 5) is 22.1. The molecule has 8 heteroatoms. The number of rotatable bonds is 9. The summed E-state index contributed by atoms with van der Waals surface area (Å²) in [6.45, 7) is 0.245. The second kappa shape index (κ2) is 10.6. The van der Waals surface area contributed by atoms with E-state index in [9.17, 15) is 9.59 Å². The summed E-state index contributed by atoms with van der Waals surface area (Å²) in [5, 5.41) is 12.1. The van der Waals surface area contributed by atoms with E-state index in [1.807, 2.05) is 0 Å². The van der Waals surface area contributed by atoms with Crippen molar-refractivity contribution >= 4 is 41.2 Å². The smallest absolute Gasteiger partial charge is 0.305 e. The number of ether oxygens (including phenoxy) is 2. The van der Waals surface area contributed by atoms with E-state index in [0.717, 1.165) is 0 Å². The maximum Gasteiger partial charge on any atom is 0.305 e. The molecule has 0 aliphatic heterocycles. The van der Waals surface area contributed by atoms with Crippen LogP contribution in [0.1, 0.15) is 17.5 Å². The standard InChI is InChI=1S/C20H19Cl2NO5/c1-27-18-11-13(6-8-19(24)23-10-9-20(25)26)5-7-17(18)28-12-14-15(21)3-2-4-16(14)22/h2-8,11H,9-10,12H2,1H3,(H,23,24)(H,25,26)/b8-6+. The average Bonchev–Trinajstić information content (AvgIpc) is 2.66. The van der Waals surface area contributed by atoms with Gasteiger partial charge in [0, 0.05) is 28.2 Å². The minimum atomic E-state index is -0.970. The lowest BCUT2D eigenvalue weighted by Gasteiger charge is -2.13. The Labute approximate surface area is 172 Å². The topological polar surface area (TPSA) is 84.9 Å². The van der Waals surface area contributed by atoms with Gasteiger partial charge < -0.3 is 19.9 Å². The molecule has 0 fully saturated rings. The zero-order valence-corrected chi connectivity index (χ0v) is 16.6. The fraction of sp³-hybridized carbons (Fsp3) is 0.200. The Morgan fingerprint density at radius 1 is 1.14 bits per heavy atom. The molecule has 2 rings (SSSR count). The predicted octanol–water partition coefficient (Wildman–Crippen LogP) is 4.19. The molecule has 0 spiro atoms. The Kier molecular flexibility index (Phi) is 8.17. The third kappa shape index (κ3) is 6.48. The SMILES string of the molecule is COc1cc(/C=C/C(=O)NCCC(=O)O)ccc1OCc1c(Cl)cccc1Cl. The molecule has 2 N–H and O–H groups in total. The maximum absolute atomic E-state index is 11.7. The van der Waals surface area contributed by atoms with Crippen molar-refractivity contribution in [2.45, 2.75) is 13.0 Å². The van der Waals surface area contributed by atoms with E-state index in [2.05, 4.69) is 5.32 Å². The predicted molar refractivity (Wildman–Crippen MR) is 108 cm³/mol. The van der Waals surface area contributed by atoms with Gasteiger partial charge in [0.25, 0.3) is 0 Å². The van der Waals surface area contributed by atoms with Crippen molar-refractivity contribution < 1.29 is 24.2 Å². The minimum Gasteiger partial charge on any atom is -0.493 e. The van der Waals surface area contributed by atoms with Gasteiger partial charge in [0.2, 0.25) is 5.91 Å². The third-order valence-electron chi connectivity index (χ3n) is 3.69. The first-order valence-electron chi connectivity index (χ1n) is 8.32. The fourth-order valence-electron chi connectivity index (χ4n) is 2.25. The molecule has 0 radical (unpaired) electrons. The van der Waals surface area contributed by atoms with Gasteiger partial charge in [-0.15, -0.1) is 0 Å². The number of amides is 1. The summed E-state index contributed by atoms with van der Waals surface area (Å²) in [6, 6.07) is 10.4. The molecule has 0 heterocycles. The zero-order chi connectivity index (χ0) is 20.5. The first-order valence-corrected chi connectivity index (χ1v) is 9.07. The van der Waals surface area contributed by atoms with E-state index in [0.29, 0.717) is 32.7 Å². The Morgan fingerprint density at radius 3 is 2.50 bits per heavy atom. The summed E-state index contributed by atoms with van der Waals surface area (Å²) < 4.78 is 11.1. The van der Waals surface area contributed by atoms with Crippen molar-refractivity contribution in [1.82, 2.24) is 5.32 Å². The Hall–Kier alpha value is -2.70. The van der Waals surface area contributed by atoms with Crippen molar-refractivity contribution in [2.75, 3.05) is 13.7 Å². The lowest BCUT2D eigenvalue weighted by molar-refractivity contribution is -0.136. The highest BCUT2D eigenvalue weighted by Gasteiger charge is 2.10. The normalized spacial score (nSPS) is 10.7. The lowest BCUT2D eigenvalue weighted by atomic mass is 10.2. The van der Waals surface area contributed by atoms with Gasteiger partial charge in [0.15, 0.2) is 11.5 Å². The van der Waals surface area contributed by atoms with Crippen LogP contribution >= 0.6 is 23.2 Å². The van der Waals surface area contributed by atoms with Crippen LogP contribution in [0.15, 0.2) is 42.5 Å². The second-order valence-corrected chi connectivity index (χ2v) is 6.48. The molecule has 6 nitrogen and oxygen atoms in total. The molecular weight excluding hydrogens is 405 g/mol. The van der Waals surface area contributed by atoms with Crippen LogP contribution in [0.5, 0.6) is 11.5 Å². The highest BCUT2D eigenvalue weighted by molar-refractivity contribution is 6.35. The second-order valence-electron chi connectivity index (χ2n) is 5.67. The number of methoxy groups -OCH3 is 1. The van der Waals surface area contributed by atoms with E-state index in [-0.39, 0.29) is 25.5 Å². The van der Waals surface area contributed by atoms with E-state index >= 15 is 0 Å². The number of carboxylic acid groups (broad SMARTS) is 1. The number of hydrogen-bond acceptors (Lipinski definition) is 4. The van der Waals surface area contributed by atoms with Crippen LogP contribution in [-0.4, -0.2) is 30.6 Å². The molecule has 0 aliphatic rings. The summed E-state index contributed by atoms with van der Waals surface area (Å²) in [7, 11) is 1.51. The number of carboxylic acids is 1. The van der Waals surface area contributed by atoms with Crippen molar-refractivity contribution in [1.29, 1.82) is 0 Å². The third-order valence-corrected chi connectivity index (χ3v) is 4.39. The Balaban J connectivity index is 2.02. The van der Waals surface area contributed by atoms with Gasteiger partial charge in [-0.2, -0.15) is 0 Å². The van der Waals surface area contributed by atoms with Crippen LogP contribution in [0.4, 0.5) is 0 Å². The van der Waals surface area contributed by atoms with Crippen molar-refractivity contribution in [3.8, 4) is 11.5 Å². The molecule has 2 aromatic rings. The van der Waals surface area contributed by atoms with Crippen LogP contribution in [0.2, 0.25) is 10.0 Å². The summed E-state index contributed by atoms with van der Waals surface area (Å²) in [6.07, 6.45) is 2.78. The molecule has 2 aromatic carbocycles. The van der Waals surface area contributed by atoms with Crippen molar-refractivity contribution in [3.63, 3.8) is 0 Å². The molecular formula is C20H19Cl2NO5. The molecule has 0 saturated heterocycles. The number of carbonyl (C=O) groups is 2. The Morgan fingerprint density at radius 2 is 1.86 bits per heavy atom. The van der Waals surface area contributed by atoms with Gasteiger partial charge in [-0.05, 0) is 35.9 Å². The molecule has 0 atom stereocenters. The van der Waals surface area contributed by atoms with Gasteiger partial charge in [-0.3, -0.25) is 9.59 Å². The van der Waals surface area contributed by atoms with E-state index < -0.39 is 5.97 Å². The van der Waals surface area contributed by atoms with Crippen LogP contribution < -0.4 is 14.8 Å². The van der Waals surface area contributed by atoms with Gasteiger partial charge in [0.05, 0.1) is 13.5 Å². The van der Waals surface area contributed by atoms with E-state index in [1.165, 1.54) is 13.2 Å². The molecule has 0 unspecified atom stereocenters. The van der Waals surface area contributed by atoms with Crippen LogP contribution in [0, 0.1) is 0 Å².